The van der Waals surface area contributed by atoms with Gasteiger partial charge < -0.3 is 19.7 Å². The first-order chi connectivity index (χ1) is 15.4. The van der Waals surface area contributed by atoms with Crippen LogP contribution in [0.5, 0.6) is 5.75 Å². The average molecular weight is 455 g/mol. The maximum Gasteiger partial charge on any atom is 0.282 e. The number of ether oxygens (including phenoxy) is 1. The number of sulfonamides is 1. The van der Waals surface area contributed by atoms with E-state index in [1.165, 1.54) is 12.5 Å². The third-order valence-electron chi connectivity index (χ3n) is 4.62. The van der Waals surface area contributed by atoms with Gasteiger partial charge in [-0.3, -0.25) is 4.72 Å². The van der Waals surface area contributed by atoms with Crippen LogP contribution in [-0.4, -0.2) is 46.8 Å². The minimum absolute atomic E-state index is 0.0164. The molecule has 0 fully saturated rings. The fraction of sp³-hybridized carbons (Fsp3) is 0.190. The topological polar surface area (TPSA) is 131 Å². The zero-order valence-corrected chi connectivity index (χ0v) is 18.3. The largest absolute Gasteiger partial charge is 0.497 e. The predicted molar refractivity (Wildman–Crippen MR) is 121 cm³/mol. The lowest BCUT2D eigenvalue weighted by Gasteiger charge is -2.14. The Labute approximate surface area is 185 Å². The highest BCUT2D eigenvalue weighted by Gasteiger charge is 2.21. The zero-order valence-electron chi connectivity index (χ0n) is 17.5. The maximum absolute atomic E-state index is 12.9. The smallest absolute Gasteiger partial charge is 0.282 e. The van der Waals surface area contributed by atoms with Gasteiger partial charge in [-0.15, -0.1) is 0 Å². The van der Waals surface area contributed by atoms with Gasteiger partial charge in [-0.25, -0.2) is 15.0 Å². The van der Waals surface area contributed by atoms with Crippen LogP contribution in [0.4, 0.5) is 17.3 Å². The average Bonchev–Trinajstić information content (AvgIpc) is 3.21. The molecule has 0 spiro atoms. The summed E-state index contributed by atoms with van der Waals surface area (Å²) in [5.41, 5.74) is 2.58. The van der Waals surface area contributed by atoms with Crippen molar-refractivity contribution in [3.63, 3.8) is 0 Å². The van der Waals surface area contributed by atoms with Gasteiger partial charge >= 0.3 is 0 Å². The first kappa shape index (κ1) is 21.5. The number of rotatable bonds is 8. The molecule has 0 saturated heterocycles. The molecular formula is C21H22N6O4S. The van der Waals surface area contributed by atoms with Crippen molar-refractivity contribution in [2.75, 3.05) is 23.8 Å². The van der Waals surface area contributed by atoms with Crippen LogP contribution in [-0.2, 0) is 23.5 Å². The van der Waals surface area contributed by atoms with Crippen molar-refractivity contribution in [3.05, 3.63) is 60.6 Å². The van der Waals surface area contributed by atoms with Crippen LogP contribution in [0.2, 0.25) is 0 Å². The fourth-order valence-electron chi connectivity index (χ4n) is 3.13. The van der Waals surface area contributed by atoms with Crippen LogP contribution < -0.4 is 14.8 Å². The predicted octanol–water partition coefficient (Wildman–Crippen LogP) is 2.45. The highest BCUT2D eigenvalue weighted by molar-refractivity contribution is 7.92. The summed E-state index contributed by atoms with van der Waals surface area (Å²) in [6, 6.07) is 12.5. The molecule has 0 unspecified atom stereocenters. The van der Waals surface area contributed by atoms with Crippen molar-refractivity contribution in [2.24, 2.45) is 7.05 Å². The maximum atomic E-state index is 12.9. The molecule has 32 heavy (non-hydrogen) atoms. The summed E-state index contributed by atoms with van der Waals surface area (Å²) in [5.74, 6) is 0.829. The summed E-state index contributed by atoms with van der Waals surface area (Å²) in [5, 5.41) is 12.3. The minimum atomic E-state index is -3.99. The third kappa shape index (κ3) is 4.63. The van der Waals surface area contributed by atoms with E-state index in [2.05, 4.69) is 25.0 Å². The molecular weight excluding hydrogens is 432 g/mol. The summed E-state index contributed by atoms with van der Waals surface area (Å²) >= 11 is 0. The third-order valence-corrected chi connectivity index (χ3v) is 5.85. The van der Waals surface area contributed by atoms with Crippen LogP contribution in [0.1, 0.15) is 5.56 Å². The molecule has 166 valence electrons. The molecule has 4 rings (SSSR count). The lowest BCUT2D eigenvalue weighted by atomic mass is 10.1. The number of nitrogens with zero attached hydrogens (tertiary/aromatic N) is 4. The van der Waals surface area contributed by atoms with Gasteiger partial charge in [0.25, 0.3) is 10.0 Å². The van der Waals surface area contributed by atoms with E-state index in [0.717, 1.165) is 5.56 Å². The second kappa shape index (κ2) is 8.81. The first-order valence-electron chi connectivity index (χ1n) is 9.71. The van der Waals surface area contributed by atoms with Gasteiger partial charge in [0, 0.05) is 31.6 Å². The normalized spacial score (nSPS) is 11.5. The monoisotopic (exact) mass is 454 g/mol. The van der Waals surface area contributed by atoms with E-state index in [-0.39, 0.29) is 23.3 Å². The summed E-state index contributed by atoms with van der Waals surface area (Å²) in [6.07, 6.45) is 3.24. The molecule has 2 aromatic heterocycles. The Morgan fingerprint density at radius 2 is 1.81 bits per heavy atom. The Hall–Kier alpha value is -3.70. The summed E-state index contributed by atoms with van der Waals surface area (Å²) in [6.45, 7) is -0.0164. The summed E-state index contributed by atoms with van der Waals surface area (Å²) < 4.78 is 35.1. The first-order valence-corrected chi connectivity index (χ1v) is 11.2. The fourth-order valence-corrected chi connectivity index (χ4v) is 4.12. The number of nitrogens with one attached hydrogen (secondary N) is 2. The second-order valence-corrected chi connectivity index (χ2v) is 8.69. The Morgan fingerprint density at radius 1 is 1.09 bits per heavy atom. The van der Waals surface area contributed by atoms with Crippen molar-refractivity contribution in [3.8, 4) is 5.75 Å². The van der Waals surface area contributed by atoms with E-state index in [1.54, 1.807) is 43.0 Å². The number of anilines is 3. The number of benzene rings is 2. The van der Waals surface area contributed by atoms with Gasteiger partial charge in [0.15, 0.2) is 16.7 Å². The molecule has 0 aliphatic rings. The lowest BCUT2D eigenvalue weighted by Crippen LogP contribution is -2.16. The number of methoxy groups -OCH3 is 1. The van der Waals surface area contributed by atoms with Crippen molar-refractivity contribution in [1.29, 1.82) is 0 Å². The number of aromatic nitrogens is 4. The summed E-state index contributed by atoms with van der Waals surface area (Å²) in [4.78, 5) is 13.0. The van der Waals surface area contributed by atoms with Gasteiger partial charge in [0.2, 0.25) is 0 Å². The number of para-hydroxylation sites is 2. The minimum Gasteiger partial charge on any atom is -0.497 e. The standard InChI is InChI=1S/C21H22N6O4S/c1-27-12-19(22-13-27)32(29,30)26-21-20(24-17-5-3-4-6-18(17)25-21)23-15-9-14(7-8-28)10-16(11-15)31-2/h3-6,9-13,28H,7-8H2,1-2H3,(H,23,24)(H,25,26). The molecule has 0 amide bonds. The Kier molecular flexibility index (Phi) is 5.93. The SMILES string of the molecule is COc1cc(CCO)cc(Nc2nc3ccccc3nc2NS(=O)(=O)c2cn(C)cn2)c1. The highest BCUT2D eigenvalue weighted by atomic mass is 32.2. The Balaban J connectivity index is 1.77. The molecule has 0 aliphatic carbocycles. The molecule has 10 nitrogen and oxygen atoms in total. The van der Waals surface area contributed by atoms with E-state index in [4.69, 9.17) is 4.74 Å². The quantitative estimate of drug-likeness (QED) is 0.370. The summed E-state index contributed by atoms with van der Waals surface area (Å²) in [7, 11) is -0.760. The van der Waals surface area contributed by atoms with E-state index in [9.17, 15) is 13.5 Å². The molecule has 11 heteroatoms. The molecule has 0 bridgehead atoms. The van der Waals surface area contributed by atoms with E-state index in [1.807, 2.05) is 18.2 Å². The molecule has 4 aromatic rings. The van der Waals surface area contributed by atoms with Crippen molar-refractivity contribution in [1.82, 2.24) is 19.5 Å². The highest BCUT2D eigenvalue weighted by Crippen LogP contribution is 2.29. The lowest BCUT2D eigenvalue weighted by molar-refractivity contribution is 0.299. The van der Waals surface area contributed by atoms with Crippen molar-refractivity contribution in [2.45, 2.75) is 11.4 Å². The van der Waals surface area contributed by atoms with Gasteiger partial charge in [-0.1, -0.05) is 12.1 Å². The molecule has 0 radical (unpaired) electrons. The van der Waals surface area contributed by atoms with Crippen molar-refractivity contribution < 1.29 is 18.3 Å². The van der Waals surface area contributed by atoms with E-state index in [0.29, 0.717) is 28.9 Å². The number of aryl methyl sites for hydroxylation is 1. The second-order valence-electron chi connectivity index (χ2n) is 7.06. The number of aliphatic hydroxyl groups is 1. The Morgan fingerprint density at radius 3 is 2.44 bits per heavy atom. The van der Waals surface area contributed by atoms with Crippen LogP contribution in [0.3, 0.4) is 0 Å². The number of imidazole rings is 1. The van der Waals surface area contributed by atoms with Crippen LogP contribution in [0.25, 0.3) is 11.0 Å². The number of aliphatic hydroxyl groups excluding tert-OH is 1. The molecule has 2 heterocycles. The Bertz CT molecular complexity index is 1370. The van der Waals surface area contributed by atoms with Gasteiger partial charge in [-0.2, -0.15) is 8.42 Å². The molecule has 3 N–H and O–H groups in total. The van der Waals surface area contributed by atoms with Crippen LogP contribution in [0, 0.1) is 0 Å². The van der Waals surface area contributed by atoms with E-state index < -0.39 is 10.0 Å². The zero-order chi connectivity index (χ0) is 22.7. The van der Waals surface area contributed by atoms with Crippen molar-refractivity contribution >= 4 is 38.4 Å². The van der Waals surface area contributed by atoms with Gasteiger partial charge in [-0.05, 0) is 36.2 Å². The molecule has 2 aromatic carbocycles. The molecule has 0 atom stereocenters. The number of fused-ring (bicyclic) bond motifs is 1. The van der Waals surface area contributed by atoms with Gasteiger partial charge in [0.05, 0.1) is 24.5 Å². The number of hydrogen-bond acceptors (Lipinski definition) is 8. The number of hydrogen-bond donors (Lipinski definition) is 3. The van der Waals surface area contributed by atoms with Gasteiger partial charge in [0.1, 0.15) is 5.75 Å². The van der Waals surface area contributed by atoms with E-state index >= 15 is 0 Å². The van der Waals surface area contributed by atoms with Crippen LogP contribution >= 0.6 is 0 Å². The molecule has 0 saturated carbocycles. The molecule has 0 aliphatic heterocycles. The van der Waals surface area contributed by atoms with Crippen LogP contribution in [0.15, 0.2) is 60.0 Å².